The van der Waals surface area contributed by atoms with Gasteiger partial charge in [-0.3, -0.25) is 4.90 Å². The first kappa shape index (κ1) is 13.8. The van der Waals surface area contributed by atoms with E-state index in [4.69, 9.17) is 15.2 Å². The summed E-state index contributed by atoms with van der Waals surface area (Å²) in [5.74, 6) is 0.889. The first-order valence-corrected chi connectivity index (χ1v) is 6.91. The van der Waals surface area contributed by atoms with E-state index in [2.05, 4.69) is 26.9 Å². The van der Waals surface area contributed by atoms with Crippen LogP contribution in [-0.4, -0.2) is 44.9 Å². The van der Waals surface area contributed by atoms with Crippen molar-refractivity contribution in [2.45, 2.75) is 6.04 Å². The molecule has 2 rings (SSSR count). The second-order valence-electron chi connectivity index (χ2n) is 4.29. The van der Waals surface area contributed by atoms with E-state index in [1.807, 2.05) is 12.1 Å². The van der Waals surface area contributed by atoms with Gasteiger partial charge in [0.15, 0.2) is 0 Å². The molecular formula is C13H19BrN2O2. The molecule has 1 fully saturated rings. The fourth-order valence-electron chi connectivity index (χ4n) is 2.33. The van der Waals surface area contributed by atoms with Crippen molar-refractivity contribution in [3.63, 3.8) is 0 Å². The Balaban J connectivity index is 2.27. The molecule has 1 heterocycles. The van der Waals surface area contributed by atoms with Crippen LogP contribution in [0.1, 0.15) is 11.6 Å². The van der Waals surface area contributed by atoms with Crippen molar-refractivity contribution in [1.29, 1.82) is 0 Å². The standard InChI is InChI=1S/C13H19BrN2O2/c1-17-13-3-2-10(14)8-11(13)12(9-15)16-4-6-18-7-5-16/h2-3,8,12H,4-7,9,15H2,1H3. The topological polar surface area (TPSA) is 47.7 Å². The van der Waals surface area contributed by atoms with E-state index >= 15 is 0 Å². The molecule has 0 radical (unpaired) electrons. The van der Waals surface area contributed by atoms with Crippen molar-refractivity contribution in [1.82, 2.24) is 4.90 Å². The van der Waals surface area contributed by atoms with Crippen molar-refractivity contribution in [3.05, 3.63) is 28.2 Å². The summed E-state index contributed by atoms with van der Waals surface area (Å²) in [6, 6.07) is 6.23. The second kappa shape index (κ2) is 6.52. The third-order valence-electron chi connectivity index (χ3n) is 3.26. The van der Waals surface area contributed by atoms with E-state index in [0.29, 0.717) is 6.54 Å². The molecule has 1 saturated heterocycles. The van der Waals surface area contributed by atoms with Gasteiger partial charge in [-0.05, 0) is 18.2 Å². The van der Waals surface area contributed by atoms with Crippen LogP contribution < -0.4 is 10.5 Å². The SMILES string of the molecule is COc1ccc(Br)cc1C(CN)N1CCOCC1. The van der Waals surface area contributed by atoms with Crippen LogP contribution in [0.15, 0.2) is 22.7 Å². The van der Waals surface area contributed by atoms with Crippen molar-refractivity contribution < 1.29 is 9.47 Å². The Morgan fingerprint density at radius 2 is 2.17 bits per heavy atom. The molecule has 1 unspecified atom stereocenters. The van der Waals surface area contributed by atoms with E-state index in [1.165, 1.54) is 0 Å². The monoisotopic (exact) mass is 314 g/mol. The molecule has 18 heavy (non-hydrogen) atoms. The van der Waals surface area contributed by atoms with E-state index in [9.17, 15) is 0 Å². The molecule has 1 aliphatic rings. The third kappa shape index (κ3) is 3.03. The molecule has 0 amide bonds. The number of hydrogen-bond acceptors (Lipinski definition) is 4. The fraction of sp³-hybridized carbons (Fsp3) is 0.538. The Morgan fingerprint density at radius 3 is 2.78 bits per heavy atom. The van der Waals surface area contributed by atoms with Gasteiger partial charge in [0.25, 0.3) is 0 Å². The minimum Gasteiger partial charge on any atom is -0.496 e. The summed E-state index contributed by atoms with van der Waals surface area (Å²) in [6.45, 7) is 3.95. The number of rotatable bonds is 4. The Labute approximate surface area is 116 Å². The van der Waals surface area contributed by atoms with Gasteiger partial charge >= 0.3 is 0 Å². The smallest absolute Gasteiger partial charge is 0.123 e. The minimum atomic E-state index is 0.182. The van der Waals surface area contributed by atoms with Gasteiger partial charge in [0.2, 0.25) is 0 Å². The van der Waals surface area contributed by atoms with Gasteiger partial charge < -0.3 is 15.2 Å². The molecular weight excluding hydrogens is 296 g/mol. The summed E-state index contributed by atoms with van der Waals surface area (Å²) in [7, 11) is 1.69. The predicted molar refractivity (Wildman–Crippen MR) is 74.9 cm³/mol. The van der Waals surface area contributed by atoms with Crippen LogP contribution in [0, 0.1) is 0 Å². The number of nitrogens with two attached hydrogens (primary N) is 1. The summed E-state index contributed by atoms with van der Waals surface area (Å²) in [6.07, 6.45) is 0. The maximum atomic E-state index is 5.96. The minimum absolute atomic E-state index is 0.182. The maximum absolute atomic E-state index is 5.96. The number of benzene rings is 1. The van der Waals surface area contributed by atoms with E-state index < -0.39 is 0 Å². The van der Waals surface area contributed by atoms with Gasteiger partial charge in [0.1, 0.15) is 5.75 Å². The van der Waals surface area contributed by atoms with Crippen LogP contribution in [0.2, 0.25) is 0 Å². The number of morpholine rings is 1. The molecule has 0 saturated carbocycles. The van der Waals surface area contributed by atoms with Crippen LogP contribution in [0.4, 0.5) is 0 Å². The summed E-state index contributed by atoms with van der Waals surface area (Å²) in [4.78, 5) is 2.35. The Bertz CT molecular complexity index is 395. The van der Waals surface area contributed by atoms with Crippen molar-refractivity contribution in [2.75, 3.05) is 40.0 Å². The molecule has 0 aliphatic carbocycles. The van der Waals surface area contributed by atoms with Gasteiger partial charge in [-0.1, -0.05) is 15.9 Å². The van der Waals surface area contributed by atoms with Gasteiger partial charge in [-0.25, -0.2) is 0 Å². The van der Waals surface area contributed by atoms with Crippen LogP contribution in [0.5, 0.6) is 5.75 Å². The molecule has 1 aromatic rings. The largest absolute Gasteiger partial charge is 0.496 e. The molecule has 0 bridgehead atoms. The molecule has 0 aromatic heterocycles. The summed E-state index contributed by atoms with van der Waals surface area (Å²) in [5, 5.41) is 0. The number of hydrogen-bond donors (Lipinski definition) is 1. The maximum Gasteiger partial charge on any atom is 0.123 e. The molecule has 1 aliphatic heterocycles. The van der Waals surface area contributed by atoms with Crippen LogP contribution in [-0.2, 0) is 4.74 Å². The summed E-state index contributed by atoms with van der Waals surface area (Å²) < 4.78 is 11.9. The van der Waals surface area contributed by atoms with Gasteiger partial charge in [0.05, 0.1) is 26.4 Å². The molecule has 5 heteroatoms. The molecule has 1 aromatic carbocycles. The molecule has 2 N–H and O–H groups in total. The number of methoxy groups -OCH3 is 1. The number of ether oxygens (including phenoxy) is 2. The average Bonchev–Trinajstić information content (AvgIpc) is 2.41. The molecule has 0 spiro atoms. The zero-order valence-corrected chi connectivity index (χ0v) is 12.1. The normalized spacial score (nSPS) is 18.6. The zero-order valence-electron chi connectivity index (χ0n) is 10.6. The van der Waals surface area contributed by atoms with E-state index in [-0.39, 0.29) is 6.04 Å². The van der Waals surface area contributed by atoms with E-state index in [0.717, 1.165) is 42.1 Å². The quantitative estimate of drug-likeness (QED) is 0.920. The average molecular weight is 315 g/mol. The van der Waals surface area contributed by atoms with Crippen molar-refractivity contribution in [2.24, 2.45) is 5.73 Å². The molecule has 4 nitrogen and oxygen atoms in total. The Morgan fingerprint density at radius 1 is 1.44 bits per heavy atom. The van der Waals surface area contributed by atoms with Crippen LogP contribution in [0.3, 0.4) is 0 Å². The second-order valence-corrected chi connectivity index (χ2v) is 5.20. The Kier molecular flexibility index (Phi) is 5.00. The summed E-state index contributed by atoms with van der Waals surface area (Å²) in [5.41, 5.74) is 7.09. The van der Waals surface area contributed by atoms with Crippen LogP contribution in [0.25, 0.3) is 0 Å². The summed E-state index contributed by atoms with van der Waals surface area (Å²) >= 11 is 3.51. The van der Waals surface area contributed by atoms with E-state index in [1.54, 1.807) is 7.11 Å². The lowest BCUT2D eigenvalue weighted by atomic mass is 10.0. The Hall–Kier alpha value is -0.620. The van der Waals surface area contributed by atoms with Crippen molar-refractivity contribution >= 4 is 15.9 Å². The molecule has 1 atom stereocenters. The highest BCUT2D eigenvalue weighted by Gasteiger charge is 2.24. The van der Waals surface area contributed by atoms with Gasteiger partial charge in [0, 0.05) is 29.7 Å². The number of halogens is 1. The van der Waals surface area contributed by atoms with Gasteiger partial charge in [-0.15, -0.1) is 0 Å². The predicted octanol–water partition coefficient (Wildman–Crippen LogP) is 1.79. The number of nitrogens with zero attached hydrogens (tertiary/aromatic N) is 1. The lowest BCUT2D eigenvalue weighted by Crippen LogP contribution is -2.41. The fourth-order valence-corrected chi connectivity index (χ4v) is 2.71. The lowest BCUT2D eigenvalue weighted by Gasteiger charge is -2.34. The third-order valence-corrected chi connectivity index (χ3v) is 3.75. The highest BCUT2D eigenvalue weighted by Crippen LogP contribution is 2.31. The highest BCUT2D eigenvalue weighted by molar-refractivity contribution is 9.10. The zero-order chi connectivity index (χ0) is 13.0. The van der Waals surface area contributed by atoms with Crippen LogP contribution >= 0.6 is 15.9 Å². The first-order valence-electron chi connectivity index (χ1n) is 6.11. The van der Waals surface area contributed by atoms with Crippen molar-refractivity contribution in [3.8, 4) is 5.75 Å². The highest BCUT2D eigenvalue weighted by atomic mass is 79.9. The lowest BCUT2D eigenvalue weighted by molar-refractivity contribution is 0.0174. The molecule has 100 valence electrons. The first-order chi connectivity index (χ1) is 8.76. The van der Waals surface area contributed by atoms with Gasteiger partial charge in [-0.2, -0.15) is 0 Å².